The Hall–Kier alpha value is -2.71. The molecule has 9 nitrogen and oxygen atoms in total. The van der Waals surface area contributed by atoms with Crippen LogP contribution in [0, 0.1) is 24.0 Å². The van der Waals surface area contributed by atoms with E-state index in [1.807, 2.05) is 20.0 Å². The van der Waals surface area contributed by atoms with Gasteiger partial charge in [0.15, 0.2) is 0 Å². The highest BCUT2D eigenvalue weighted by atomic mass is 16.6. The smallest absolute Gasteiger partial charge is 0.358 e. The summed E-state index contributed by atoms with van der Waals surface area (Å²) in [6, 6.07) is 3.29. The summed E-state index contributed by atoms with van der Waals surface area (Å²) in [5, 5.41) is 21.5. The topological polar surface area (TPSA) is 108 Å². The Morgan fingerprint density at radius 2 is 2.09 bits per heavy atom. The van der Waals surface area contributed by atoms with Crippen molar-refractivity contribution in [3.63, 3.8) is 0 Å². The molecule has 2 heterocycles. The van der Waals surface area contributed by atoms with Crippen molar-refractivity contribution in [3.8, 4) is 0 Å². The van der Waals surface area contributed by atoms with E-state index in [0.717, 1.165) is 11.4 Å². The minimum Gasteiger partial charge on any atom is -0.358 e. The Morgan fingerprint density at radius 3 is 2.64 bits per heavy atom. The lowest BCUT2D eigenvalue weighted by atomic mass is 10.3. The van der Waals surface area contributed by atoms with Crippen LogP contribution in [-0.2, 0) is 24.9 Å². The van der Waals surface area contributed by atoms with Gasteiger partial charge in [-0.2, -0.15) is 9.78 Å². The van der Waals surface area contributed by atoms with E-state index in [2.05, 4.69) is 15.5 Å². The molecular formula is C13H18N6O3. The van der Waals surface area contributed by atoms with Gasteiger partial charge in [0, 0.05) is 13.5 Å². The van der Waals surface area contributed by atoms with E-state index in [9.17, 15) is 14.9 Å². The monoisotopic (exact) mass is 306 g/mol. The van der Waals surface area contributed by atoms with Gasteiger partial charge in [0.1, 0.15) is 0 Å². The molecule has 22 heavy (non-hydrogen) atoms. The van der Waals surface area contributed by atoms with E-state index in [1.165, 1.54) is 10.7 Å². The highest BCUT2D eigenvalue weighted by molar-refractivity contribution is 5.75. The second kappa shape index (κ2) is 6.37. The van der Waals surface area contributed by atoms with Crippen LogP contribution < -0.4 is 5.32 Å². The van der Waals surface area contributed by atoms with Crippen LogP contribution in [0.2, 0.25) is 0 Å². The summed E-state index contributed by atoms with van der Waals surface area (Å²) in [5.74, 6) is -0.348. The molecule has 9 heteroatoms. The van der Waals surface area contributed by atoms with Crippen LogP contribution in [0.4, 0.5) is 5.82 Å². The Morgan fingerprint density at radius 1 is 1.36 bits per heavy atom. The highest BCUT2D eigenvalue weighted by Crippen LogP contribution is 2.11. The minimum absolute atomic E-state index is 0.142. The van der Waals surface area contributed by atoms with Crippen LogP contribution in [0.5, 0.6) is 0 Å². The van der Waals surface area contributed by atoms with Gasteiger partial charge in [-0.1, -0.05) is 0 Å². The molecule has 2 rings (SSSR count). The quantitative estimate of drug-likeness (QED) is 0.628. The number of carbonyl (C=O) groups excluding carboxylic acids is 1. The van der Waals surface area contributed by atoms with Crippen molar-refractivity contribution >= 4 is 11.7 Å². The molecule has 0 atom stereocenters. The molecule has 2 aromatic heterocycles. The summed E-state index contributed by atoms with van der Waals surface area (Å²) < 4.78 is 3.18. The first-order valence-electron chi connectivity index (χ1n) is 6.82. The number of hydrogen-bond acceptors (Lipinski definition) is 5. The van der Waals surface area contributed by atoms with Crippen molar-refractivity contribution in [2.24, 2.45) is 7.05 Å². The molecule has 0 aliphatic rings. The minimum atomic E-state index is -0.547. The lowest BCUT2D eigenvalue weighted by molar-refractivity contribution is -0.389. The largest absolute Gasteiger partial charge is 0.390 e. The zero-order chi connectivity index (χ0) is 16.3. The molecular weight excluding hydrogens is 288 g/mol. The zero-order valence-corrected chi connectivity index (χ0v) is 12.7. The number of hydrogen-bond donors (Lipinski definition) is 1. The molecule has 1 N–H and O–H groups in total. The summed E-state index contributed by atoms with van der Waals surface area (Å²) >= 11 is 0. The number of amides is 1. The molecule has 0 aliphatic heterocycles. The fourth-order valence-corrected chi connectivity index (χ4v) is 2.12. The van der Waals surface area contributed by atoms with Crippen LogP contribution in [-0.4, -0.2) is 30.4 Å². The van der Waals surface area contributed by atoms with Crippen molar-refractivity contribution in [2.45, 2.75) is 33.4 Å². The van der Waals surface area contributed by atoms with E-state index >= 15 is 0 Å². The van der Waals surface area contributed by atoms with E-state index in [0.29, 0.717) is 18.8 Å². The zero-order valence-electron chi connectivity index (χ0n) is 12.7. The van der Waals surface area contributed by atoms with Gasteiger partial charge in [-0.25, -0.2) is 0 Å². The standard InChI is InChI=1S/C13H18N6O3/c1-9-6-11(17(3)15-9)8-14-13(20)4-5-18-10(2)7-12(16-18)19(21)22/h6-7H,4-5,8H2,1-3H3,(H,14,20). The number of nitrogens with one attached hydrogen (secondary N) is 1. The number of nitrogens with zero attached hydrogens (tertiary/aromatic N) is 5. The van der Waals surface area contributed by atoms with E-state index in [1.54, 1.807) is 11.6 Å². The fraction of sp³-hybridized carbons (Fsp3) is 0.462. The van der Waals surface area contributed by atoms with Crippen molar-refractivity contribution in [2.75, 3.05) is 0 Å². The maximum atomic E-state index is 11.8. The molecule has 0 unspecified atom stereocenters. The van der Waals surface area contributed by atoms with Crippen LogP contribution >= 0.6 is 0 Å². The average Bonchev–Trinajstić information content (AvgIpc) is 2.97. The van der Waals surface area contributed by atoms with Crippen LogP contribution in [0.1, 0.15) is 23.5 Å². The van der Waals surface area contributed by atoms with Gasteiger partial charge in [0.25, 0.3) is 0 Å². The molecule has 0 aliphatic carbocycles. The molecule has 0 saturated carbocycles. The second-order valence-electron chi connectivity index (χ2n) is 5.05. The van der Waals surface area contributed by atoms with E-state index in [-0.39, 0.29) is 18.1 Å². The molecule has 0 fully saturated rings. The highest BCUT2D eigenvalue weighted by Gasteiger charge is 2.16. The van der Waals surface area contributed by atoms with Gasteiger partial charge in [-0.15, -0.1) is 0 Å². The number of aryl methyl sites for hydroxylation is 4. The average molecular weight is 306 g/mol. The third-order valence-corrected chi connectivity index (χ3v) is 3.27. The third-order valence-electron chi connectivity index (χ3n) is 3.27. The molecule has 0 aromatic carbocycles. The second-order valence-corrected chi connectivity index (χ2v) is 5.05. The van der Waals surface area contributed by atoms with Crippen LogP contribution in [0.25, 0.3) is 0 Å². The fourth-order valence-electron chi connectivity index (χ4n) is 2.12. The maximum absolute atomic E-state index is 11.8. The van der Waals surface area contributed by atoms with Gasteiger partial charge >= 0.3 is 5.82 Å². The number of nitro groups is 1. The molecule has 0 saturated heterocycles. The number of aromatic nitrogens is 4. The lowest BCUT2D eigenvalue weighted by Crippen LogP contribution is -2.25. The van der Waals surface area contributed by atoms with Crippen molar-refractivity contribution in [1.82, 2.24) is 24.9 Å². The Bertz CT molecular complexity index is 703. The summed E-state index contributed by atoms with van der Waals surface area (Å²) in [6.45, 7) is 4.30. The van der Waals surface area contributed by atoms with Crippen LogP contribution in [0.3, 0.4) is 0 Å². The normalized spacial score (nSPS) is 10.7. The first-order chi connectivity index (χ1) is 10.4. The summed E-state index contributed by atoms with van der Waals surface area (Å²) in [4.78, 5) is 21.9. The summed E-state index contributed by atoms with van der Waals surface area (Å²) in [5.41, 5.74) is 2.46. The van der Waals surface area contributed by atoms with Crippen molar-refractivity contribution in [1.29, 1.82) is 0 Å². The molecule has 2 aromatic rings. The van der Waals surface area contributed by atoms with E-state index in [4.69, 9.17) is 0 Å². The lowest BCUT2D eigenvalue weighted by Gasteiger charge is -2.05. The third kappa shape index (κ3) is 3.68. The first-order valence-corrected chi connectivity index (χ1v) is 6.82. The maximum Gasteiger partial charge on any atom is 0.390 e. The Balaban J connectivity index is 1.85. The molecule has 0 bridgehead atoms. The van der Waals surface area contributed by atoms with Crippen LogP contribution in [0.15, 0.2) is 12.1 Å². The van der Waals surface area contributed by atoms with Gasteiger partial charge in [0.2, 0.25) is 5.91 Å². The predicted molar refractivity (Wildman–Crippen MR) is 78.0 cm³/mol. The predicted octanol–water partition coefficient (Wildman–Crippen LogP) is 0.848. The summed E-state index contributed by atoms with van der Waals surface area (Å²) in [6.07, 6.45) is 0.205. The summed E-state index contributed by atoms with van der Waals surface area (Å²) in [7, 11) is 1.82. The van der Waals surface area contributed by atoms with Gasteiger partial charge in [-0.05, 0) is 24.8 Å². The molecule has 0 spiro atoms. The van der Waals surface area contributed by atoms with Gasteiger partial charge in [0.05, 0.1) is 41.3 Å². The molecule has 1 amide bonds. The first kappa shape index (κ1) is 15.7. The van der Waals surface area contributed by atoms with Gasteiger partial charge in [-0.3, -0.25) is 9.48 Å². The number of rotatable bonds is 6. The van der Waals surface area contributed by atoms with Crippen molar-refractivity contribution in [3.05, 3.63) is 39.3 Å². The SMILES string of the molecule is Cc1cc(CNC(=O)CCn2nc([N+](=O)[O-])cc2C)n(C)n1. The number of carbonyl (C=O) groups is 1. The Kier molecular flexibility index (Phi) is 4.54. The molecule has 118 valence electrons. The Labute approximate surface area is 127 Å². The van der Waals surface area contributed by atoms with Crippen molar-refractivity contribution < 1.29 is 9.72 Å². The van der Waals surface area contributed by atoms with E-state index < -0.39 is 4.92 Å². The molecule has 0 radical (unpaired) electrons. The van der Waals surface area contributed by atoms with Gasteiger partial charge < -0.3 is 15.4 Å².